The summed E-state index contributed by atoms with van der Waals surface area (Å²) < 4.78 is 33.6. The number of nitrogens with zero attached hydrogens (tertiary/aromatic N) is 1. The average Bonchev–Trinajstić information content (AvgIpc) is 3.39. The van der Waals surface area contributed by atoms with Crippen LogP contribution in [0.4, 0.5) is 0 Å². The highest BCUT2D eigenvalue weighted by Crippen LogP contribution is 2.27. The van der Waals surface area contributed by atoms with Gasteiger partial charge in [0.1, 0.15) is 9.96 Å². The van der Waals surface area contributed by atoms with Crippen molar-refractivity contribution in [3.8, 4) is 5.75 Å². The lowest BCUT2D eigenvalue weighted by Gasteiger charge is -2.19. The normalized spacial score (nSPS) is 15.5. The summed E-state index contributed by atoms with van der Waals surface area (Å²) in [6.07, 6.45) is 7.63. The number of methoxy groups -OCH3 is 1. The van der Waals surface area contributed by atoms with Gasteiger partial charge in [0.2, 0.25) is 5.91 Å². The molecule has 3 aromatic rings. The molecule has 0 spiro atoms. The molecule has 1 saturated heterocycles. The van der Waals surface area contributed by atoms with E-state index in [0.717, 1.165) is 30.7 Å². The van der Waals surface area contributed by atoms with E-state index in [9.17, 15) is 18.0 Å². The third kappa shape index (κ3) is 11.1. The van der Waals surface area contributed by atoms with Crippen LogP contribution in [-0.2, 0) is 16.6 Å². The van der Waals surface area contributed by atoms with Crippen molar-refractivity contribution in [1.82, 2.24) is 14.9 Å². The molecule has 4 N–H and O–H groups in total. The second kappa shape index (κ2) is 17.8. The van der Waals surface area contributed by atoms with Crippen molar-refractivity contribution in [3.63, 3.8) is 0 Å². The Bertz CT molecular complexity index is 1400. The summed E-state index contributed by atoms with van der Waals surface area (Å²) in [4.78, 5) is 23.7. The molecule has 0 bridgehead atoms. The lowest BCUT2D eigenvalue weighted by Crippen LogP contribution is -2.34. The standard InChI is InChI=1S/C25H37N3O4S2.C7H7NO/c1-3-4-5-6-15-26-21-10-8-16-28(17-14-21)34(30,31)24-13-12-23(33-24)19-27-25(29)20-9-7-11-22(18-20)32-2;8-7(9)6-4-2-1-3-5-6/h7,9,11-13,18,21,26H,3-6,8,10,14-17,19H2,1-2H3,(H,27,29);1-5H,(H2,8,9). The number of benzene rings is 2. The van der Waals surface area contributed by atoms with Crippen molar-refractivity contribution in [1.29, 1.82) is 0 Å². The first-order valence-corrected chi connectivity index (χ1v) is 17.1. The van der Waals surface area contributed by atoms with Gasteiger partial charge in [-0.15, -0.1) is 11.3 Å². The van der Waals surface area contributed by atoms with Crippen LogP contribution in [0, 0.1) is 0 Å². The van der Waals surface area contributed by atoms with Gasteiger partial charge in [0.25, 0.3) is 15.9 Å². The monoisotopic (exact) mass is 628 g/mol. The third-order valence-corrected chi connectivity index (χ3v) is 10.6. The highest BCUT2D eigenvalue weighted by Gasteiger charge is 2.28. The SMILES string of the molecule is CCCCCCNC1CCCN(S(=O)(=O)c2ccc(CNC(=O)c3cccc(OC)c3)s2)CC1.NC(=O)c1ccccc1. The van der Waals surface area contributed by atoms with E-state index in [1.165, 1.54) is 37.0 Å². The predicted molar refractivity (Wildman–Crippen MR) is 172 cm³/mol. The Labute approximate surface area is 259 Å². The van der Waals surface area contributed by atoms with Crippen LogP contribution in [0.15, 0.2) is 70.9 Å². The fourth-order valence-electron chi connectivity index (χ4n) is 4.73. The van der Waals surface area contributed by atoms with Gasteiger partial charge in [0, 0.05) is 35.1 Å². The Morgan fingerprint density at radius 2 is 1.74 bits per heavy atom. The molecule has 43 heavy (non-hydrogen) atoms. The summed E-state index contributed by atoms with van der Waals surface area (Å²) in [6.45, 7) is 4.58. The molecule has 9 nitrogen and oxygen atoms in total. The highest BCUT2D eigenvalue weighted by atomic mass is 32.2. The van der Waals surface area contributed by atoms with Gasteiger partial charge < -0.3 is 21.1 Å². The summed E-state index contributed by atoms with van der Waals surface area (Å²) in [5, 5.41) is 6.48. The lowest BCUT2D eigenvalue weighted by molar-refractivity contribution is 0.0949. The molecule has 1 atom stereocenters. The fraction of sp³-hybridized carbons (Fsp3) is 0.438. The van der Waals surface area contributed by atoms with Crippen molar-refractivity contribution in [3.05, 3.63) is 82.7 Å². The van der Waals surface area contributed by atoms with Crippen LogP contribution in [0.5, 0.6) is 5.75 Å². The van der Waals surface area contributed by atoms with Gasteiger partial charge in [-0.05, 0) is 74.7 Å². The van der Waals surface area contributed by atoms with Gasteiger partial charge in [-0.3, -0.25) is 9.59 Å². The van der Waals surface area contributed by atoms with Crippen LogP contribution in [0.1, 0.15) is 77.5 Å². The lowest BCUT2D eigenvalue weighted by atomic mass is 10.1. The highest BCUT2D eigenvalue weighted by molar-refractivity contribution is 7.91. The molecular formula is C32H44N4O5S2. The summed E-state index contributed by atoms with van der Waals surface area (Å²) in [6, 6.07) is 19.5. The minimum atomic E-state index is -3.53. The minimum absolute atomic E-state index is 0.225. The van der Waals surface area contributed by atoms with Crippen molar-refractivity contribution >= 4 is 33.2 Å². The first-order valence-electron chi connectivity index (χ1n) is 14.8. The van der Waals surface area contributed by atoms with Gasteiger partial charge >= 0.3 is 0 Å². The first kappa shape index (κ1) is 34.2. The number of nitrogens with one attached hydrogen (secondary N) is 2. The summed E-state index contributed by atoms with van der Waals surface area (Å²) in [5.41, 5.74) is 6.03. The van der Waals surface area contributed by atoms with E-state index in [1.54, 1.807) is 72.1 Å². The van der Waals surface area contributed by atoms with Crippen LogP contribution in [0.2, 0.25) is 0 Å². The molecule has 0 aliphatic carbocycles. The van der Waals surface area contributed by atoms with E-state index in [4.69, 9.17) is 10.5 Å². The molecule has 1 unspecified atom stereocenters. The maximum atomic E-state index is 13.2. The second-order valence-electron chi connectivity index (χ2n) is 10.4. The van der Waals surface area contributed by atoms with Gasteiger partial charge in [0.05, 0.1) is 13.7 Å². The quantitative estimate of drug-likeness (QED) is 0.224. The van der Waals surface area contributed by atoms with E-state index < -0.39 is 10.0 Å². The number of hydrogen-bond acceptors (Lipinski definition) is 7. The van der Waals surface area contributed by atoms with Gasteiger partial charge in [-0.1, -0.05) is 50.5 Å². The zero-order chi connectivity index (χ0) is 31.1. The van der Waals surface area contributed by atoms with Crippen LogP contribution < -0.4 is 21.1 Å². The molecule has 2 amide bonds. The van der Waals surface area contributed by atoms with E-state index in [2.05, 4.69) is 17.6 Å². The van der Waals surface area contributed by atoms with Crippen LogP contribution >= 0.6 is 11.3 Å². The molecule has 0 radical (unpaired) electrons. The number of primary amides is 1. The molecule has 11 heteroatoms. The molecule has 234 valence electrons. The van der Waals surface area contributed by atoms with Gasteiger partial charge in [-0.2, -0.15) is 4.31 Å². The number of amides is 2. The number of carbonyl (C=O) groups excluding carboxylic acids is 2. The summed E-state index contributed by atoms with van der Waals surface area (Å²) in [7, 11) is -1.97. The number of carbonyl (C=O) groups is 2. The maximum Gasteiger partial charge on any atom is 0.252 e. The van der Waals surface area contributed by atoms with Crippen LogP contribution in [0.3, 0.4) is 0 Å². The van der Waals surface area contributed by atoms with Crippen molar-refractivity contribution in [2.75, 3.05) is 26.7 Å². The second-order valence-corrected chi connectivity index (χ2v) is 13.7. The molecule has 2 heterocycles. The molecule has 1 fully saturated rings. The molecule has 1 aromatic heterocycles. The van der Waals surface area contributed by atoms with Gasteiger partial charge in [-0.25, -0.2) is 8.42 Å². The number of thiophene rings is 1. The molecule has 1 aliphatic heterocycles. The number of unbranched alkanes of at least 4 members (excludes halogenated alkanes) is 3. The predicted octanol–water partition coefficient (Wildman–Crippen LogP) is 5.19. The molecule has 0 saturated carbocycles. The number of sulfonamides is 1. The smallest absolute Gasteiger partial charge is 0.252 e. The molecular weight excluding hydrogens is 585 g/mol. The Hall–Kier alpha value is -3.25. The Balaban J connectivity index is 0.000000480. The number of rotatable bonds is 13. The zero-order valence-corrected chi connectivity index (χ0v) is 26.7. The largest absolute Gasteiger partial charge is 0.497 e. The van der Waals surface area contributed by atoms with Crippen molar-refractivity contribution in [2.24, 2.45) is 5.73 Å². The van der Waals surface area contributed by atoms with E-state index >= 15 is 0 Å². The molecule has 1 aliphatic rings. The van der Waals surface area contributed by atoms with E-state index in [1.807, 2.05) is 6.07 Å². The fourth-order valence-corrected chi connectivity index (χ4v) is 7.67. The number of nitrogens with two attached hydrogens (primary N) is 1. The topological polar surface area (TPSA) is 131 Å². The Morgan fingerprint density at radius 1 is 0.977 bits per heavy atom. The van der Waals surface area contributed by atoms with E-state index in [0.29, 0.717) is 40.2 Å². The summed E-state index contributed by atoms with van der Waals surface area (Å²) >= 11 is 1.22. The van der Waals surface area contributed by atoms with Crippen molar-refractivity contribution in [2.45, 2.75) is 68.7 Å². The van der Waals surface area contributed by atoms with E-state index in [-0.39, 0.29) is 18.4 Å². The zero-order valence-electron chi connectivity index (χ0n) is 25.1. The Kier molecular flexibility index (Phi) is 14.1. The van der Waals surface area contributed by atoms with Gasteiger partial charge in [0.15, 0.2) is 0 Å². The Morgan fingerprint density at radius 3 is 2.44 bits per heavy atom. The van der Waals surface area contributed by atoms with Crippen LogP contribution in [0.25, 0.3) is 0 Å². The van der Waals surface area contributed by atoms with Crippen LogP contribution in [-0.4, -0.2) is 57.3 Å². The first-order chi connectivity index (χ1) is 20.7. The third-order valence-electron chi connectivity index (χ3n) is 7.19. The minimum Gasteiger partial charge on any atom is -0.497 e. The molecule has 2 aromatic carbocycles. The molecule has 4 rings (SSSR count). The maximum absolute atomic E-state index is 13.2. The number of hydrogen-bond donors (Lipinski definition) is 3. The number of ether oxygens (including phenoxy) is 1. The summed E-state index contributed by atoms with van der Waals surface area (Å²) in [5.74, 6) is 0.0107. The average molecular weight is 629 g/mol. The van der Waals surface area contributed by atoms with Crippen molar-refractivity contribution < 1.29 is 22.7 Å².